The molecule has 106 valence electrons. The predicted molar refractivity (Wildman–Crippen MR) is 82.9 cm³/mol. The third-order valence-corrected chi connectivity index (χ3v) is 4.77. The number of hydrogen-bond acceptors (Lipinski definition) is 3. The van der Waals surface area contributed by atoms with Gasteiger partial charge in [-0.15, -0.1) is 0 Å². The fourth-order valence-corrected chi connectivity index (χ4v) is 3.46. The van der Waals surface area contributed by atoms with Crippen molar-refractivity contribution < 1.29 is 8.42 Å². The van der Waals surface area contributed by atoms with Crippen LogP contribution in [0, 0.1) is 6.92 Å². The molecule has 4 nitrogen and oxygen atoms in total. The summed E-state index contributed by atoms with van der Waals surface area (Å²) < 4.78 is 27.1. The van der Waals surface area contributed by atoms with Gasteiger partial charge < -0.3 is 5.73 Å². The van der Waals surface area contributed by atoms with Crippen LogP contribution >= 0.6 is 23.2 Å². The highest BCUT2D eigenvalue weighted by Gasteiger charge is 2.19. The number of rotatable bonds is 3. The van der Waals surface area contributed by atoms with Gasteiger partial charge in [0.05, 0.1) is 10.7 Å². The van der Waals surface area contributed by atoms with E-state index in [0.29, 0.717) is 16.4 Å². The van der Waals surface area contributed by atoms with Crippen molar-refractivity contribution in [1.82, 2.24) is 0 Å². The van der Waals surface area contributed by atoms with Crippen molar-refractivity contribution in [1.29, 1.82) is 0 Å². The molecule has 0 spiro atoms. The molecule has 2 aromatic rings. The van der Waals surface area contributed by atoms with Crippen molar-refractivity contribution >= 4 is 44.6 Å². The number of sulfonamides is 1. The number of aryl methyl sites for hydroxylation is 1. The first-order chi connectivity index (χ1) is 9.29. The summed E-state index contributed by atoms with van der Waals surface area (Å²) in [6.07, 6.45) is 0. The van der Waals surface area contributed by atoms with Gasteiger partial charge in [0.1, 0.15) is 4.90 Å². The minimum atomic E-state index is -3.83. The summed E-state index contributed by atoms with van der Waals surface area (Å²) in [6.45, 7) is 1.77. The number of anilines is 2. The lowest BCUT2D eigenvalue weighted by Crippen LogP contribution is -2.14. The van der Waals surface area contributed by atoms with Crippen LogP contribution in [-0.4, -0.2) is 8.42 Å². The predicted octanol–water partition coefficient (Wildman–Crippen LogP) is 3.68. The Bertz CT molecular complexity index is 761. The molecule has 0 bridgehead atoms. The molecule has 0 aromatic heterocycles. The summed E-state index contributed by atoms with van der Waals surface area (Å²) in [6, 6.07) is 9.23. The number of halogens is 2. The van der Waals surface area contributed by atoms with E-state index >= 15 is 0 Å². The van der Waals surface area contributed by atoms with E-state index in [1.165, 1.54) is 24.3 Å². The molecule has 0 amide bonds. The number of nitrogens with two attached hydrogens (primary N) is 1. The highest BCUT2D eigenvalue weighted by molar-refractivity contribution is 7.92. The summed E-state index contributed by atoms with van der Waals surface area (Å²) in [4.78, 5) is -0.0708. The molecule has 0 aliphatic rings. The van der Waals surface area contributed by atoms with Crippen LogP contribution < -0.4 is 10.5 Å². The van der Waals surface area contributed by atoms with E-state index in [1.54, 1.807) is 19.1 Å². The number of hydrogen-bond donors (Lipinski definition) is 2. The van der Waals surface area contributed by atoms with Crippen molar-refractivity contribution in [3.05, 3.63) is 52.0 Å². The van der Waals surface area contributed by atoms with Gasteiger partial charge in [-0.2, -0.15) is 0 Å². The molecule has 0 saturated heterocycles. The fraction of sp³-hybridized carbons (Fsp3) is 0.0769. The zero-order valence-electron chi connectivity index (χ0n) is 10.5. The average Bonchev–Trinajstić information content (AvgIpc) is 2.36. The maximum absolute atomic E-state index is 12.3. The van der Waals surface area contributed by atoms with E-state index in [1.807, 2.05) is 0 Å². The summed E-state index contributed by atoms with van der Waals surface area (Å²) in [5, 5.41) is 0.540. The smallest absolute Gasteiger partial charge is 0.263 e. The van der Waals surface area contributed by atoms with Crippen molar-refractivity contribution in [3.63, 3.8) is 0 Å². The first kappa shape index (κ1) is 15.0. The molecule has 0 atom stereocenters. The Hall–Kier alpha value is -1.43. The first-order valence-electron chi connectivity index (χ1n) is 5.63. The maximum atomic E-state index is 12.3. The van der Waals surface area contributed by atoms with Crippen LogP contribution in [0.15, 0.2) is 41.3 Å². The van der Waals surface area contributed by atoms with Gasteiger partial charge in [-0.25, -0.2) is 8.42 Å². The molecule has 7 heteroatoms. The molecule has 0 fully saturated rings. The summed E-state index contributed by atoms with van der Waals surface area (Å²) >= 11 is 11.8. The molecule has 0 aliphatic heterocycles. The number of benzene rings is 2. The molecule has 2 rings (SSSR count). The standard InChI is InChI=1S/C13H12Cl2N2O2S/c1-8-2-3-9(14)6-12(8)17-20(18,19)13-7-10(16)4-5-11(13)15/h2-7,17H,16H2,1H3. The van der Waals surface area contributed by atoms with Crippen LogP contribution in [-0.2, 0) is 10.0 Å². The van der Waals surface area contributed by atoms with E-state index in [0.717, 1.165) is 5.56 Å². The molecular formula is C13H12Cl2N2O2S. The Kier molecular flexibility index (Phi) is 4.13. The van der Waals surface area contributed by atoms with Crippen LogP contribution in [0.1, 0.15) is 5.56 Å². The highest BCUT2D eigenvalue weighted by atomic mass is 35.5. The van der Waals surface area contributed by atoms with E-state index in [-0.39, 0.29) is 9.92 Å². The summed E-state index contributed by atoms with van der Waals surface area (Å²) in [7, 11) is -3.83. The van der Waals surface area contributed by atoms with Gasteiger partial charge >= 0.3 is 0 Å². The van der Waals surface area contributed by atoms with E-state index in [2.05, 4.69) is 4.72 Å². The zero-order valence-corrected chi connectivity index (χ0v) is 12.9. The largest absolute Gasteiger partial charge is 0.399 e. The van der Waals surface area contributed by atoms with Crippen LogP contribution in [0.5, 0.6) is 0 Å². The minimum Gasteiger partial charge on any atom is -0.399 e. The summed E-state index contributed by atoms with van der Waals surface area (Å²) in [5.41, 5.74) is 7.06. The van der Waals surface area contributed by atoms with Gasteiger partial charge in [0.15, 0.2) is 0 Å². The molecule has 0 unspecified atom stereocenters. The molecular weight excluding hydrogens is 319 g/mol. The van der Waals surface area contributed by atoms with E-state index in [4.69, 9.17) is 28.9 Å². The van der Waals surface area contributed by atoms with Crippen molar-refractivity contribution in [3.8, 4) is 0 Å². The molecule has 20 heavy (non-hydrogen) atoms. The number of nitrogens with one attached hydrogen (secondary N) is 1. The van der Waals surface area contributed by atoms with Crippen LogP contribution in [0.2, 0.25) is 10.0 Å². The normalized spacial score (nSPS) is 11.3. The average molecular weight is 331 g/mol. The van der Waals surface area contributed by atoms with Gasteiger partial charge in [0.2, 0.25) is 0 Å². The quantitative estimate of drug-likeness (QED) is 0.843. The van der Waals surface area contributed by atoms with Crippen molar-refractivity contribution in [2.24, 2.45) is 0 Å². The molecule has 0 radical (unpaired) electrons. The summed E-state index contributed by atoms with van der Waals surface area (Å²) in [5.74, 6) is 0. The third kappa shape index (κ3) is 3.17. The van der Waals surface area contributed by atoms with E-state index < -0.39 is 10.0 Å². The lowest BCUT2D eigenvalue weighted by atomic mass is 10.2. The molecule has 0 heterocycles. The van der Waals surface area contributed by atoms with Crippen LogP contribution in [0.25, 0.3) is 0 Å². The molecule has 0 saturated carbocycles. The van der Waals surface area contributed by atoms with Crippen LogP contribution in [0.4, 0.5) is 11.4 Å². The Labute approximate surface area is 127 Å². The molecule has 2 aromatic carbocycles. The van der Waals surface area contributed by atoms with Gasteiger partial charge in [-0.05, 0) is 42.8 Å². The second-order valence-electron chi connectivity index (χ2n) is 4.25. The number of nitrogen functional groups attached to an aromatic ring is 1. The molecule has 0 aliphatic carbocycles. The van der Waals surface area contributed by atoms with Crippen molar-refractivity contribution in [2.45, 2.75) is 11.8 Å². The Morgan fingerprint density at radius 2 is 1.80 bits per heavy atom. The third-order valence-electron chi connectivity index (χ3n) is 2.69. The minimum absolute atomic E-state index is 0.0708. The van der Waals surface area contributed by atoms with Gasteiger partial charge in [-0.1, -0.05) is 29.3 Å². The lowest BCUT2D eigenvalue weighted by Gasteiger charge is -2.12. The zero-order chi connectivity index (χ0) is 14.9. The van der Waals surface area contributed by atoms with Crippen molar-refractivity contribution in [2.75, 3.05) is 10.5 Å². The fourth-order valence-electron chi connectivity index (χ4n) is 1.63. The second kappa shape index (κ2) is 5.52. The first-order valence-corrected chi connectivity index (χ1v) is 7.87. The topological polar surface area (TPSA) is 72.2 Å². The Balaban J connectivity index is 2.46. The van der Waals surface area contributed by atoms with Gasteiger partial charge in [0, 0.05) is 10.7 Å². The lowest BCUT2D eigenvalue weighted by molar-refractivity contribution is 0.601. The molecule has 3 N–H and O–H groups in total. The second-order valence-corrected chi connectivity index (χ2v) is 6.75. The Morgan fingerprint density at radius 1 is 1.10 bits per heavy atom. The van der Waals surface area contributed by atoms with E-state index in [9.17, 15) is 8.42 Å². The monoisotopic (exact) mass is 330 g/mol. The van der Waals surface area contributed by atoms with Crippen LogP contribution in [0.3, 0.4) is 0 Å². The van der Waals surface area contributed by atoms with Gasteiger partial charge in [-0.3, -0.25) is 4.72 Å². The SMILES string of the molecule is Cc1ccc(Cl)cc1NS(=O)(=O)c1cc(N)ccc1Cl. The maximum Gasteiger partial charge on any atom is 0.263 e. The highest BCUT2D eigenvalue weighted by Crippen LogP contribution is 2.28. The Morgan fingerprint density at radius 3 is 2.50 bits per heavy atom. The van der Waals surface area contributed by atoms with Gasteiger partial charge in [0.25, 0.3) is 10.0 Å².